The number of aliphatic hydroxyl groups excluding tert-OH is 1. The van der Waals surface area contributed by atoms with E-state index in [4.69, 9.17) is 0 Å². The van der Waals surface area contributed by atoms with Gasteiger partial charge in [-0.15, -0.1) is 0 Å². The zero-order chi connectivity index (χ0) is 13.7. The number of ketones is 1. The summed E-state index contributed by atoms with van der Waals surface area (Å²) in [5, 5.41) is 23.7. The predicted octanol–water partition coefficient (Wildman–Crippen LogP) is 1.93. The molecule has 0 amide bonds. The Bertz CT molecular complexity index is 534. The van der Waals surface area contributed by atoms with Gasteiger partial charge in [-0.3, -0.25) is 9.89 Å². The molecule has 6 nitrogen and oxygen atoms in total. The van der Waals surface area contributed by atoms with Crippen LogP contribution in [0.1, 0.15) is 32.0 Å². The van der Waals surface area contributed by atoms with Crippen molar-refractivity contribution in [2.45, 2.75) is 27.7 Å². The molecule has 0 saturated heterocycles. The summed E-state index contributed by atoms with van der Waals surface area (Å²) >= 11 is 0. The lowest BCUT2D eigenvalue weighted by molar-refractivity contribution is -0.113. The number of H-pyrrole nitrogens is 1. The van der Waals surface area contributed by atoms with Crippen LogP contribution in [0.2, 0.25) is 0 Å². The highest BCUT2D eigenvalue weighted by atomic mass is 16.3. The number of aliphatic hydroxyl groups is 1. The van der Waals surface area contributed by atoms with Crippen molar-refractivity contribution in [3.8, 4) is 0 Å². The molecule has 1 aromatic rings. The van der Waals surface area contributed by atoms with Crippen LogP contribution < -0.4 is 0 Å². The lowest BCUT2D eigenvalue weighted by atomic mass is 10.2. The molecule has 0 aliphatic heterocycles. The van der Waals surface area contributed by atoms with Gasteiger partial charge in [0.15, 0.2) is 5.78 Å². The van der Waals surface area contributed by atoms with Gasteiger partial charge in [-0.2, -0.15) is 15.3 Å². The van der Waals surface area contributed by atoms with Crippen molar-refractivity contribution in [2.24, 2.45) is 10.2 Å². The molecule has 18 heavy (non-hydrogen) atoms. The number of aromatic amines is 1. The molecule has 2 N–H and O–H groups in total. The molecule has 0 atom stereocenters. The lowest BCUT2D eigenvalue weighted by Gasteiger charge is -1.97. The molecule has 0 radical (unpaired) electrons. The Morgan fingerprint density at radius 1 is 1.44 bits per heavy atom. The quantitative estimate of drug-likeness (QED) is 0.369. The SMILES string of the molecule is CC(=O)C(C=N/N=C(\C)c1cn[nH]c1C)=C(C)O. The van der Waals surface area contributed by atoms with Crippen LogP contribution in [0.25, 0.3) is 0 Å². The molecule has 0 spiro atoms. The van der Waals surface area contributed by atoms with Gasteiger partial charge in [0.1, 0.15) is 5.76 Å². The van der Waals surface area contributed by atoms with Crippen molar-refractivity contribution >= 4 is 17.7 Å². The van der Waals surface area contributed by atoms with Crippen LogP contribution in [0.5, 0.6) is 0 Å². The number of aromatic nitrogens is 2. The van der Waals surface area contributed by atoms with Gasteiger partial charge < -0.3 is 5.11 Å². The van der Waals surface area contributed by atoms with E-state index in [9.17, 15) is 9.90 Å². The van der Waals surface area contributed by atoms with Gasteiger partial charge in [0.25, 0.3) is 0 Å². The maximum atomic E-state index is 11.2. The molecule has 1 rings (SSSR count). The fourth-order valence-corrected chi connectivity index (χ4v) is 1.38. The third-order valence-corrected chi connectivity index (χ3v) is 2.38. The summed E-state index contributed by atoms with van der Waals surface area (Å²) in [6, 6.07) is 0. The number of Topliss-reactive ketones (excluding diaryl/α,β-unsaturated/α-hetero) is 1. The molecule has 0 fully saturated rings. The molecular formula is C12H16N4O2. The Morgan fingerprint density at radius 2 is 2.11 bits per heavy atom. The van der Waals surface area contributed by atoms with Gasteiger partial charge in [-0.1, -0.05) is 0 Å². The maximum absolute atomic E-state index is 11.2. The van der Waals surface area contributed by atoms with Gasteiger partial charge in [0.2, 0.25) is 0 Å². The highest BCUT2D eigenvalue weighted by Gasteiger charge is 2.05. The first-order valence-corrected chi connectivity index (χ1v) is 5.42. The van der Waals surface area contributed by atoms with Crippen LogP contribution in [0.4, 0.5) is 0 Å². The number of allylic oxidation sites excluding steroid dienone is 2. The third kappa shape index (κ3) is 3.38. The van der Waals surface area contributed by atoms with Gasteiger partial charge in [-0.05, 0) is 27.7 Å². The van der Waals surface area contributed by atoms with E-state index in [-0.39, 0.29) is 17.1 Å². The van der Waals surface area contributed by atoms with E-state index in [2.05, 4.69) is 20.4 Å². The average Bonchev–Trinajstić information content (AvgIpc) is 2.69. The average molecular weight is 248 g/mol. The summed E-state index contributed by atoms with van der Waals surface area (Å²) in [4.78, 5) is 11.2. The highest BCUT2D eigenvalue weighted by Crippen LogP contribution is 2.05. The van der Waals surface area contributed by atoms with Gasteiger partial charge >= 0.3 is 0 Å². The van der Waals surface area contributed by atoms with Crippen molar-refractivity contribution in [1.82, 2.24) is 10.2 Å². The standard InChI is InChI=1S/C12H16N4O2/c1-7-11(5-13-15-7)8(2)16-14-6-12(9(3)17)10(4)18/h5-6,17H,1-4H3,(H,13,15)/b12-9?,14-6?,16-8+. The number of hydrogen-bond donors (Lipinski definition) is 2. The maximum Gasteiger partial charge on any atom is 0.164 e. The molecule has 0 saturated carbocycles. The Labute approximate surface area is 105 Å². The van der Waals surface area contributed by atoms with Crippen molar-refractivity contribution in [3.63, 3.8) is 0 Å². The van der Waals surface area contributed by atoms with Crippen LogP contribution >= 0.6 is 0 Å². The normalized spacial score (nSPS) is 13.9. The minimum absolute atomic E-state index is 0.0707. The van der Waals surface area contributed by atoms with E-state index >= 15 is 0 Å². The number of nitrogens with zero attached hydrogens (tertiary/aromatic N) is 3. The summed E-state index contributed by atoms with van der Waals surface area (Å²) in [5.74, 6) is -0.329. The summed E-state index contributed by atoms with van der Waals surface area (Å²) in [6.07, 6.45) is 2.90. The second-order valence-corrected chi connectivity index (χ2v) is 3.89. The number of aryl methyl sites for hydroxylation is 1. The zero-order valence-corrected chi connectivity index (χ0v) is 10.9. The molecule has 1 aromatic heterocycles. The second kappa shape index (κ2) is 5.90. The Hall–Kier alpha value is -2.24. The van der Waals surface area contributed by atoms with Crippen molar-refractivity contribution in [3.05, 3.63) is 28.8 Å². The van der Waals surface area contributed by atoms with E-state index in [1.54, 1.807) is 13.1 Å². The number of hydrogen-bond acceptors (Lipinski definition) is 5. The van der Waals surface area contributed by atoms with Gasteiger partial charge in [0, 0.05) is 11.3 Å². The second-order valence-electron chi connectivity index (χ2n) is 3.89. The van der Waals surface area contributed by atoms with E-state index in [0.29, 0.717) is 5.71 Å². The van der Waals surface area contributed by atoms with Crippen molar-refractivity contribution < 1.29 is 9.90 Å². The van der Waals surface area contributed by atoms with Crippen molar-refractivity contribution in [1.29, 1.82) is 0 Å². The fraction of sp³-hybridized carbons (Fsp3) is 0.333. The summed E-state index contributed by atoms with van der Waals surface area (Å²) in [5.41, 5.74) is 2.58. The minimum Gasteiger partial charge on any atom is -0.512 e. The zero-order valence-electron chi connectivity index (χ0n) is 10.9. The summed E-state index contributed by atoms with van der Waals surface area (Å²) < 4.78 is 0. The lowest BCUT2D eigenvalue weighted by Crippen LogP contribution is -2.01. The first-order valence-electron chi connectivity index (χ1n) is 5.42. The van der Waals surface area contributed by atoms with Crippen LogP contribution in [0.3, 0.4) is 0 Å². The van der Waals surface area contributed by atoms with E-state index in [1.165, 1.54) is 20.1 Å². The summed E-state index contributed by atoms with van der Waals surface area (Å²) in [6.45, 7) is 6.46. The number of nitrogens with one attached hydrogen (secondary N) is 1. The van der Waals surface area contributed by atoms with E-state index < -0.39 is 0 Å². The fourth-order valence-electron chi connectivity index (χ4n) is 1.38. The van der Waals surface area contributed by atoms with E-state index in [1.807, 2.05) is 6.92 Å². The topological polar surface area (TPSA) is 90.7 Å². The predicted molar refractivity (Wildman–Crippen MR) is 70.0 cm³/mol. The summed E-state index contributed by atoms with van der Waals surface area (Å²) in [7, 11) is 0. The van der Waals surface area contributed by atoms with Crippen LogP contribution in [-0.4, -0.2) is 33.0 Å². The molecule has 6 heteroatoms. The third-order valence-electron chi connectivity index (χ3n) is 2.38. The van der Waals surface area contributed by atoms with Crippen LogP contribution in [0, 0.1) is 6.92 Å². The molecule has 0 bridgehead atoms. The highest BCUT2D eigenvalue weighted by molar-refractivity contribution is 6.12. The van der Waals surface area contributed by atoms with Gasteiger partial charge in [-0.25, -0.2) is 0 Å². The molecule has 96 valence electrons. The number of rotatable bonds is 4. The molecule has 0 aliphatic rings. The molecule has 0 aromatic carbocycles. The molecular weight excluding hydrogens is 232 g/mol. The molecule has 0 aliphatic carbocycles. The number of carbonyl (C=O) groups excluding carboxylic acids is 1. The minimum atomic E-state index is -0.258. The van der Waals surface area contributed by atoms with Crippen LogP contribution in [0.15, 0.2) is 27.7 Å². The Kier molecular flexibility index (Phi) is 4.53. The first-order chi connectivity index (χ1) is 8.43. The Balaban J connectivity index is 2.90. The Morgan fingerprint density at radius 3 is 2.56 bits per heavy atom. The molecule has 1 heterocycles. The molecule has 0 unspecified atom stereocenters. The van der Waals surface area contributed by atoms with E-state index in [0.717, 1.165) is 11.3 Å². The monoisotopic (exact) mass is 248 g/mol. The van der Waals surface area contributed by atoms with Gasteiger partial charge in [0.05, 0.1) is 23.7 Å². The number of carbonyl (C=O) groups is 1. The largest absolute Gasteiger partial charge is 0.512 e. The smallest absolute Gasteiger partial charge is 0.164 e. The van der Waals surface area contributed by atoms with Crippen LogP contribution in [-0.2, 0) is 4.79 Å². The first kappa shape index (κ1) is 13.8. The van der Waals surface area contributed by atoms with Crippen molar-refractivity contribution in [2.75, 3.05) is 0 Å².